The van der Waals surface area contributed by atoms with E-state index in [0.29, 0.717) is 0 Å². The number of rotatable bonds is 7. The Morgan fingerprint density at radius 2 is 1.59 bits per heavy atom. The molecule has 0 radical (unpaired) electrons. The molecule has 1 heterocycles. The first kappa shape index (κ1) is 23.8. The van der Waals surface area contributed by atoms with E-state index < -0.39 is 0 Å². The van der Waals surface area contributed by atoms with Crippen molar-refractivity contribution in [1.29, 1.82) is 0 Å². The summed E-state index contributed by atoms with van der Waals surface area (Å²) in [5.74, 6) is 0.948. The molecule has 0 unspecified atom stereocenters. The molecular formula is C29H39N3. The Bertz CT molecular complexity index is 1040. The number of nitrogens with one attached hydrogen (secondary N) is 1. The van der Waals surface area contributed by atoms with Gasteiger partial charge in [-0.25, -0.2) is 4.98 Å². The maximum atomic E-state index is 4.59. The van der Waals surface area contributed by atoms with Crippen molar-refractivity contribution in [2.75, 3.05) is 11.9 Å². The molecule has 0 aliphatic rings. The predicted molar refractivity (Wildman–Crippen MR) is 139 cm³/mol. The number of para-hydroxylation sites is 1. The molecule has 3 heteroatoms. The monoisotopic (exact) mass is 429 g/mol. The van der Waals surface area contributed by atoms with Gasteiger partial charge in [-0.2, -0.15) is 0 Å². The van der Waals surface area contributed by atoms with Crippen LogP contribution in [0.4, 0.5) is 5.69 Å². The molecule has 2 aromatic carbocycles. The van der Waals surface area contributed by atoms with Crippen molar-refractivity contribution >= 4 is 11.3 Å². The summed E-state index contributed by atoms with van der Waals surface area (Å²) in [7, 11) is 0. The third-order valence-corrected chi connectivity index (χ3v) is 5.98. The van der Waals surface area contributed by atoms with Gasteiger partial charge in [0.15, 0.2) is 0 Å². The largest absolute Gasteiger partial charge is 0.385 e. The fourth-order valence-electron chi connectivity index (χ4n) is 3.84. The van der Waals surface area contributed by atoms with Crippen molar-refractivity contribution in [2.24, 2.45) is 0 Å². The molecule has 3 rings (SSSR count). The zero-order valence-electron chi connectivity index (χ0n) is 20.9. The van der Waals surface area contributed by atoms with Gasteiger partial charge in [-0.05, 0) is 71.1 Å². The highest BCUT2D eigenvalue weighted by atomic mass is 15.1. The third kappa shape index (κ3) is 5.70. The van der Waals surface area contributed by atoms with Gasteiger partial charge in [-0.15, -0.1) is 0 Å². The molecule has 0 aliphatic carbocycles. The van der Waals surface area contributed by atoms with Gasteiger partial charge in [0, 0.05) is 30.3 Å². The van der Waals surface area contributed by atoms with Crippen molar-refractivity contribution < 1.29 is 0 Å². The summed E-state index contributed by atoms with van der Waals surface area (Å²) in [4.78, 5) is 4.59. The van der Waals surface area contributed by atoms with Crippen LogP contribution < -0.4 is 5.32 Å². The highest BCUT2D eigenvalue weighted by Gasteiger charge is 2.20. The van der Waals surface area contributed by atoms with Crippen LogP contribution in [0, 0.1) is 6.92 Å². The Morgan fingerprint density at radius 1 is 0.969 bits per heavy atom. The van der Waals surface area contributed by atoms with Crippen LogP contribution in [0.25, 0.3) is 11.3 Å². The smallest absolute Gasteiger partial charge is 0.139 e. The predicted octanol–water partition coefficient (Wildman–Crippen LogP) is 7.68. The van der Waals surface area contributed by atoms with Crippen LogP contribution in [0.15, 0.2) is 61.4 Å². The Morgan fingerprint density at radius 3 is 2.19 bits per heavy atom. The summed E-state index contributed by atoms with van der Waals surface area (Å²) in [5, 5.41) is 3.66. The first-order chi connectivity index (χ1) is 15.0. The number of benzene rings is 2. The van der Waals surface area contributed by atoms with E-state index in [4.69, 9.17) is 0 Å². The number of aromatic nitrogens is 2. The third-order valence-electron chi connectivity index (χ3n) is 5.98. The minimum absolute atomic E-state index is 0.124. The normalized spacial score (nSPS) is 12.1. The lowest BCUT2D eigenvalue weighted by Gasteiger charge is -2.26. The zero-order valence-corrected chi connectivity index (χ0v) is 20.9. The van der Waals surface area contributed by atoms with Crippen LogP contribution >= 0.6 is 0 Å². The van der Waals surface area contributed by atoms with Crippen molar-refractivity contribution in [3.63, 3.8) is 0 Å². The lowest BCUT2D eigenvalue weighted by Crippen LogP contribution is -2.17. The number of anilines is 1. The average Bonchev–Trinajstić information content (AvgIpc) is 3.19. The van der Waals surface area contributed by atoms with Gasteiger partial charge in [0.1, 0.15) is 5.82 Å². The van der Waals surface area contributed by atoms with Gasteiger partial charge in [0.25, 0.3) is 0 Å². The SMILES string of the molecule is C=C(CCCNc1cc(C(C)(C)C)cc(C(C)(C)C)c1)c1nccn1-c1ccccc1C. The molecule has 0 aliphatic heterocycles. The number of hydrogen-bond acceptors (Lipinski definition) is 2. The first-order valence-electron chi connectivity index (χ1n) is 11.6. The number of imidazole rings is 1. The van der Waals surface area contributed by atoms with E-state index in [0.717, 1.165) is 36.5 Å². The van der Waals surface area contributed by atoms with Crippen LogP contribution in [-0.2, 0) is 10.8 Å². The van der Waals surface area contributed by atoms with Gasteiger partial charge >= 0.3 is 0 Å². The van der Waals surface area contributed by atoms with Crippen LogP contribution in [0.2, 0.25) is 0 Å². The Balaban J connectivity index is 1.66. The average molecular weight is 430 g/mol. The standard InChI is InChI=1S/C29H39N3/c1-21-12-9-10-14-26(21)32-17-16-31-27(32)22(2)13-11-15-30-25-19-23(28(3,4)5)18-24(20-25)29(6,7)8/h9-10,12,14,16-20,30H,2,11,13,15H2,1,3-8H3. The van der Waals surface area contributed by atoms with E-state index in [-0.39, 0.29) is 10.8 Å². The van der Waals surface area contributed by atoms with E-state index >= 15 is 0 Å². The van der Waals surface area contributed by atoms with Crippen LogP contribution in [0.3, 0.4) is 0 Å². The number of aryl methyl sites for hydroxylation is 1. The molecular weight excluding hydrogens is 390 g/mol. The molecule has 3 nitrogen and oxygen atoms in total. The molecule has 0 bridgehead atoms. The molecule has 1 aromatic heterocycles. The molecule has 0 saturated carbocycles. The fraction of sp³-hybridized carbons (Fsp3) is 0.414. The topological polar surface area (TPSA) is 29.9 Å². The number of allylic oxidation sites excluding steroid dienone is 1. The van der Waals surface area contributed by atoms with Crippen molar-refractivity contribution in [3.8, 4) is 5.69 Å². The van der Waals surface area contributed by atoms with E-state index in [9.17, 15) is 0 Å². The summed E-state index contributed by atoms with van der Waals surface area (Å²) in [6.07, 6.45) is 5.79. The van der Waals surface area contributed by atoms with E-state index in [1.165, 1.54) is 22.4 Å². The lowest BCUT2D eigenvalue weighted by atomic mass is 9.80. The molecule has 0 fully saturated rings. The Kier molecular flexibility index (Phi) is 6.97. The Labute approximate surface area is 194 Å². The zero-order chi connectivity index (χ0) is 23.5. The van der Waals surface area contributed by atoms with Crippen molar-refractivity contribution in [2.45, 2.75) is 72.1 Å². The van der Waals surface area contributed by atoms with Gasteiger partial charge in [0.2, 0.25) is 0 Å². The highest BCUT2D eigenvalue weighted by molar-refractivity contribution is 5.60. The molecule has 0 saturated heterocycles. The second-order valence-corrected chi connectivity index (χ2v) is 10.8. The number of nitrogens with zero attached hydrogens (tertiary/aromatic N) is 2. The summed E-state index contributed by atoms with van der Waals surface area (Å²) in [6, 6.07) is 15.3. The summed E-state index contributed by atoms with van der Waals surface area (Å²) < 4.78 is 2.15. The van der Waals surface area contributed by atoms with Gasteiger partial charge in [-0.1, -0.05) is 72.4 Å². The van der Waals surface area contributed by atoms with Crippen LogP contribution in [0.5, 0.6) is 0 Å². The highest BCUT2D eigenvalue weighted by Crippen LogP contribution is 2.32. The molecule has 0 amide bonds. The molecule has 170 valence electrons. The van der Waals surface area contributed by atoms with Gasteiger partial charge in [0.05, 0.1) is 0 Å². The lowest BCUT2D eigenvalue weighted by molar-refractivity contribution is 0.569. The quantitative estimate of drug-likeness (QED) is 0.390. The number of hydrogen-bond donors (Lipinski definition) is 1. The summed E-state index contributed by atoms with van der Waals surface area (Å²) in [5.41, 5.74) is 7.65. The van der Waals surface area contributed by atoms with E-state index in [1.807, 2.05) is 12.4 Å². The van der Waals surface area contributed by atoms with Gasteiger partial charge < -0.3 is 5.32 Å². The van der Waals surface area contributed by atoms with Crippen molar-refractivity contribution in [3.05, 3.63) is 84.0 Å². The second kappa shape index (κ2) is 9.36. The Hall–Kier alpha value is -2.81. The van der Waals surface area contributed by atoms with Gasteiger partial charge in [-0.3, -0.25) is 4.57 Å². The maximum Gasteiger partial charge on any atom is 0.139 e. The molecule has 0 spiro atoms. The first-order valence-corrected chi connectivity index (χ1v) is 11.6. The van der Waals surface area contributed by atoms with Crippen LogP contribution in [0.1, 0.15) is 76.9 Å². The molecule has 32 heavy (non-hydrogen) atoms. The van der Waals surface area contributed by atoms with Crippen molar-refractivity contribution in [1.82, 2.24) is 9.55 Å². The van der Waals surface area contributed by atoms with E-state index in [1.54, 1.807) is 0 Å². The molecule has 1 N–H and O–H groups in total. The minimum atomic E-state index is 0.124. The van der Waals surface area contributed by atoms with Crippen LogP contribution in [-0.4, -0.2) is 16.1 Å². The second-order valence-electron chi connectivity index (χ2n) is 10.8. The molecule has 0 atom stereocenters. The fourth-order valence-corrected chi connectivity index (χ4v) is 3.84. The maximum absolute atomic E-state index is 4.59. The minimum Gasteiger partial charge on any atom is -0.385 e. The van der Waals surface area contributed by atoms with E-state index in [2.05, 4.69) is 112 Å². The molecule has 3 aromatic rings. The summed E-state index contributed by atoms with van der Waals surface area (Å²) >= 11 is 0. The summed E-state index contributed by atoms with van der Waals surface area (Å²) in [6.45, 7) is 21.0.